The Morgan fingerprint density at radius 2 is 0.394 bits per heavy atom. The van der Waals surface area contributed by atoms with Gasteiger partial charge in [-0.05, 0) is 142 Å². The predicted molar refractivity (Wildman–Crippen MR) is 281 cm³/mol. The van der Waals surface area contributed by atoms with E-state index in [0.29, 0.717) is 38.5 Å². The van der Waals surface area contributed by atoms with E-state index in [2.05, 4.69) is 41.5 Å². The van der Waals surface area contributed by atoms with Gasteiger partial charge in [0.05, 0.1) is 39.6 Å². The first kappa shape index (κ1) is 70.6. The monoisotopic (exact) mass is 1050 g/mol. The highest BCUT2D eigenvalue weighted by Crippen LogP contribution is 2.67. The Hall–Kier alpha value is -0.370. The lowest BCUT2D eigenvalue weighted by atomic mass is 9.86. The van der Waals surface area contributed by atoms with Gasteiger partial charge in [-0.25, -0.2) is 4.57 Å². The van der Waals surface area contributed by atoms with E-state index in [9.17, 15) is 0 Å². The largest absolute Gasteiger partial charge is 0.477 e. The first-order valence-electron chi connectivity index (χ1n) is 27.7. The summed E-state index contributed by atoms with van der Waals surface area (Å²) in [5.41, 5.74) is -6.09. The summed E-state index contributed by atoms with van der Waals surface area (Å²) >= 11 is 0. The van der Waals surface area contributed by atoms with Crippen LogP contribution in [0.25, 0.3) is 0 Å². The smallest absolute Gasteiger partial charge is 0.348 e. The van der Waals surface area contributed by atoms with Crippen molar-refractivity contribution < 1.29 is 75.0 Å². The number of hydrogen-bond acceptors (Lipinski definition) is 16. The van der Waals surface area contributed by atoms with Gasteiger partial charge in [0, 0.05) is 39.6 Å². The maximum absolute atomic E-state index is 17.8. The van der Waals surface area contributed by atoms with E-state index < -0.39 is 59.3 Å². The number of rotatable bonds is 48. The SMILES string of the molecule is CCCCOC(C)(OCC)C(C)(OP(=O)(OC(C)(C(C)(OCC)OCCCC)C(C)(OCC)OCCCC)OC(C)(C(C)(OCC)OCCCC)C(C)(OCC)OCCCC)C(C)(OCC)OCCCC. The molecule has 0 aromatic rings. The Kier molecular flexibility index (Phi) is 33.5. The van der Waals surface area contributed by atoms with Gasteiger partial charge in [0.15, 0.2) is 51.5 Å². The third-order valence-corrected chi connectivity index (χ3v) is 15.6. The van der Waals surface area contributed by atoms with Gasteiger partial charge in [-0.3, -0.25) is 13.6 Å². The fraction of sp³-hybridized carbons (Fsp3) is 1.00. The molecule has 0 aliphatic heterocycles. The Morgan fingerprint density at radius 3 is 0.507 bits per heavy atom. The second-order valence-electron chi connectivity index (χ2n) is 19.3. The molecular weight excluding hydrogens is 936 g/mol. The van der Waals surface area contributed by atoms with Crippen LogP contribution in [-0.2, 0) is 75.0 Å². The molecule has 0 heterocycles. The van der Waals surface area contributed by atoms with Gasteiger partial charge in [0.2, 0.25) is 0 Å². The lowest BCUT2D eigenvalue weighted by molar-refractivity contribution is -0.418. The molecule has 0 aromatic carbocycles. The molecule has 0 N–H and O–H groups in total. The molecule has 0 radical (unpaired) electrons. The molecule has 0 bridgehead atoms. The van der Waals surface area contributed by atoms with Gasteiger partial charge in [-0.15, -0.1) is 0 Å². The third kappa shape index (κ3) is 18.4. The molecule has 428 valence electrons. The topological polar surface area (TPSA) is 156 Å². The van der Waals surface area contributed by atoms with Crippen LogP contribution in [0.1, 0.15) is 222 Å². The van der Waals surface area contributed by atoms with Crippen molar-refractivity contribution in [1.82, 2.24) is 0 Å². The molecule has 17 heteroatoms. The Labute approximate surface area is 434 Å². The zero-order chi connectivity index (χ0) is 54.6. The van der Waals surface area contributed by atoms with Crippen LogP contribution in [0.3, 0.4) is 0 Å². The summed E-state index contributed by atoms with van der Waals surface area (Å²) in [6.07, 6.45) is 8.98. The maximum Gasteiger partial charge on any atom is 0.477 e. The van der Waals surface area contributed by atoms with Crippen molar-refractivity contribution in [3.05, 3.63) is 0 Å². The second kappa shape index (κ2) is 33.7. The normalized spacial score (nSPS) is 21.0. The van der Waals surface area contributed by atoms with Gasteiger partial charge in [-0.1, -0.05) is 80.1 Å². The summed E-state index contributed by atoms with van der Waals surface area (Å²) < 4.78 is 121. The summed E-state index contributed by atoms with van der Waals surface area (Å²) in [6.45, 7) is 41.4. The van der Waals surface area contributed by atoms with Crippen LogP contribution >= 0.6 is 7.82 Å². The predicted octanol–water partition coefficient (Wildman–Crippen LogP) is 13.8. The van der Waals surface area contributed by atoms with Crippen LogP contribution in [-0.4, -0.2) is 131 Å². The van der Waals surface area contributed by atoms with Crippen molar-refractivity contribution in [3.63, 3.8) is 0 Å². The minimum atomic E-state index is -5.50. The van der Waals surface area contributed by atoms with Crippen LogP contribution in [0.5, 0.6) is 0 Å². The Morgan fingerprint density at radius 1 is 0.254 bits per heavy atom. The number of phosphoric acid groups is 1. The lowest BCUT2D eigenvalue weighted by Crippen LogP contribution is -2.72. The average molecular weight is 1050 g/mol. The first-order valence-corrected chi connectivity index (χ1v) is 29.2. The van der Waals surface area contributed by atoms with Crippen LogP contribution in [0, 0.1) is 0 Å². The summed E-state index contributed by atoms with van der Waals surface area (Å²) in [5.74, 6) is -10.6. The van der Waals surface area contributed by atoms with E-state index in [1.807, 2.05) is 41.5 Å². The highest BCUT2D eigenvalue weighted by molar-refractivity contribution is 7.48. The molecule has 0 amide bonds. The molecule has 0 saturated heterocycles. The molecule has 6 atom stereocenters. The number of hydrogen-bond donors (Lipinski definition) is 0. The molecule has 0 spiro atoms. The molecule has 71 heavy (non-hydrogen) atoms. The molecule has 6 unspecified atom stereocenters. The summed E-state index contributed by atoms with van der Waals surface area (Å²) in [5, 5.41) is 0. The minimum Gasteiger partial charge on any atom is -0.348 e. The van der Waals surface area contributed by atoms with Crippen LogP contribution in [0.15, 0.2) is 0 Å². The Bertz CT molecular complexity index is 1190. The summed E-state index contributed by atoms with van der Waals surface area (Å²) in [6, 6.07) is 0. The molecule has 16 nitrogen and oxygen atoms in total. The van der Waals surface area contributed by atoms with E-state index in [0.717, 1.165) is 38.5 Å². The van der Waals surface area contributed by atoms with Crippen molar-refractivity contribution in [2.45, 2.75) is 274 Å². The fourth-order valence-electron chi connectivity index (χ4n) is 8.48. The quantitative estimate of drug-likeness (QED) is 0.0322. The second-order valence-corrected chi connectivity index (χ2v) is 20.7. The van der Waals surface area contributed by atoms with Crippen LogP contribution in [0.2, 0.25) is 0 Å². The zero-order valence-corrected chi connectivity index (χ0v) is 50.3. The third-order valence-electron chi connectivity index (χ3n) is 13.9. The molecule has 0 fully saturated rings. The van der Waals surface area contributed by atoms with Gasteiger partial charge in [0.25, 0.3) is 0 Å². The van der Waals surface area contributed by atoms with E-state index in [-0.39, 0.29) is 79.3 Å². The van der Waals surface area contributed by atoms with Crippen LogP contribution in [0.4, 0.5) is 0 Å². The van der Waals surface area contributed by atoms with Crippen molar-refractivity contribution in [2.24, 2.45) is 0 Å². The van der Waals surface area contributed by atoms with Crippen LogP contribution < -0.4 is 0 Å². The fourth-order valence-corrected chi connectivity index (χ4v) is 10.9. The lowest BCUT2D eigenvalue weighted by Gasteiger charge is -2.58. The first-order chi connectivity index (χ1) is 33.3. The van der Waals surface area contributed by atoms with Crippen molar-refractivity contribution >= 4 is 7.82 Å². The molecular formula is C54H111O16P. The Balaban J connectivity index is 9.86. The molecule has 0 aliphatic carbocycles. The van der Waals surface area contributed by atoms with Gasteiger partial charge < -0.3 is 56.8 Å². The van der Waals surface area contributed by atoms with Gasteiger partial charge in [0.1, 0.15) is 0 Å². The molecule has 0 rings (SSSR count). The number of phosphoric ester groups is 1. The number of ether oxygens (including phenoxy) is 12. The minimum absolute atomic E-state index is 0.156. The van der Waals surface area contributed by atoms with E-state index >= 15 is 4.57 Å². The molecule has 0 aromatic heterocycles. The van der Waals surface area contributed by atoms with E-state index in [1.165, 1.54) is 0 Å². The summed E-state index contributed by atoms with van der Waals surface area (Å²) in [4.78, 5) is 0. The average Bonchev–Trinajstić information content (AvgIpc) is 3.29. The van der Waals surface area contributed by atoms with Crippen molar-refractivity contribution in [2.75, 3.05) is 79.3 Å². The molecule has 0 saturated carbocycles. The highest BCUT2D eigenvalue weighted by Gasteiger charge is 2.73. The standard InChI is InChI=1S/C54H111O16P/c1-22-34-40-62-49(16,56-28-7)46(13,50(17,57-29-8)63-41-35-23-2)68-71(55,69-47(14,51(18,58-30-9)64-42-36-24-3)52(19,59-31-10)65-43-37-25-4)70-48(15,53(20,60-32-11)66-44-38-26-5)54(21,61-33-12)67-45-39-27-6/h22-45H2,1-21H3. The van der Waals surface area contributed by atoms with E-state index in [4.69, 9.17) is 70.4 Å². The molecule has 0 aliphatic rings. The van der Waals surface area contributed by atoms with Gasteiger partial charge >= 0.3 is 7.82 Å². The van der Waals surface area contributed by atoms with Gasteiger partial charge in [-0.2, -0.15) is 0 Å². The highest BCUT2D eigenvalue weighted by atomic mass is 31.2. The van der Waals surface area contributed by atoms with Crippen molar-refractivity contribution in [3.8, 4) is 0 Å². The summed E-state index contributed by atoms with van der Waals surface area (Å²) in [7, 11) is -5.50. The van der Waals surface area contributed by atoms with Crippen molar-refractivity contribution in [1.29, 1.82) is 0 Å². The zero-order valence-electron chi connectivity index (χ0n) is 49.4. The van der Waals surface area contributed by atoms with E-state index in [1.54, 1.807) is 62.3 Å². The number of unbranched alkanes of at least 4 members (excludes halogenated alkanes) is 6. The maximum atomic E-state index is 17.8.